The quantitative estimate of drug-likeness (QED) is 0.668. The first-order valence-corrected chi connectivity index (χ1v) is 4.02. The van der Waals surface area contributed by atoms with Crippen LogP contribution in [0.1, 0.15) is 5.56 Å². The third kappa shape index (κ3) is 1.57. The van der Waals surface area contributed by atoms with Gasteiger partial charge in [0.25, 0.3) is 0 Å². The van der Waals surface area contributed by atoms with E-state index < -0.39 is 0 Å². The van der Waals surface area contributed by atoms with Gasteiger partial charge in [-0.15, -0.1) is 0 Å². The summed E-state index contributed by atoms with van der Waals surface area (Å²) in [5.74, 6) is 0.581. The van der Waals surface area contributed by atoms with Crippen molar-refractivity contribution in [3.05, 3.63) is 42.5 Å². The van der Waals surface area contributed by atoms with Gasteiger partial charge in [0.1, 0.15) is 12.7 Å². The van der Waals surface area contributed by atoms with Crippen molar-refractivity contribution in [3.63, 3.8) is 0 Å². The second-order valence-electron chi connectivity index (χ2n) is 2.65. The van der Waals surface area contributed by atoms with Crippen molar-refractivity contribution in [2.24, 2.45) is 0 Å². The molecule has 2 aromatic rings. The zero-order valence-corrected chi connectivity index (χ0v) is 7.25. The Balaban J connectivity index is 2.49. The summed E-state index contributed by atoms with van der Waals surface area (Å²) in [6.45, 7) is 0. The molecule has 0 radical (unpaired) electrons. The van der Waals surface area contributed by atoms with Gasteiger partial charge in [-0.1, -0.05) is 12.1 Å². The van der Waals surface area contributed by atoms with Crippen molar-refractivity contribution < 1.29 is 0 Å². The van der Waals surface area contributed by atoms with Gasteiger partial charge in [0.2, 0.25) is 0 Å². The fourth-order valence-corrected chi connectivity index (χ4v) is 1.12. The zero-order chi connectivity index (χ0) is 9.80. The molecule has 0 unspecified atom stereocenters. The van der Waals surface area contributed by atoms with Gasteiger partial charge in [0.05, 0.1) is 11.6 Å². The molecule has 14 heavy (non-hydrogen) atoms. The maximum Gasteiger partial charge on any atom is 0.162 e. The molecule has 1 heterocycles. The average molecular weight is 182 g/mol. The molecule has 1 aromatic carbocycles. The molecule has 2 rings (SSSR count). The van der Waals surface area contributed by atoms with Gasteiger partial charge in [-0.2, -0.15) is 5.26 Å². The van der Waals surface area contributed by atoms with Gasteiger partial charge < -0.3 is 0 Å². The minimum atomic E-state index is 0.581. The summed E-state index contributed by atoms with van der Waals surface area (Å²) in [6, 6.07) is 9.21. The predicted molar refractivity (Wildman–Crippen MR) is 50.0 cm³/mol. The molecule has 0 bridgehead atoms. The fraction of sp³-hybridized carbons (Fsp3) is 0. The molecule has 0 saturated carbocycles. The molecular weight excluding hydrogens is 176 g/mol. The van der Waals surface area contributed by atoms with Crippen LogP contribution >= 0.6 is 0 Å². The molecule has 4 nitrogen and oxygen atoms in total. The summed E-state index contributed by atoms with van der Waals surface area (Å²) in [5.41, 5.74) is 1.43. The molecule has 66 valence electrons. The Labute approximate surface area is 80.9 Å². The van der Waals surface area contributed by atoms with E-state index >= 15 is 0 Å². The van der Waals surface area contributed by atoms with E-state index in [1.54, 1.807) is 18.2 Å². The van der Waals surface area contributed by atoms with Crippen LogP contribution in [0.25, 0.3) is 11.4 Å². The summed E-state index contributed by atoms with van der Waals surface area (Å²) in [6.07, 6.45) is 2.86. The minimum absolute atomic E-state index is 0.581. The van der Waals surface area contributed by atoms with Crippen LogP contribution in [0.15, 0.2) is 36.9 Å². The topological polar surface area (TPSA) is 62.5 Å². The molecule has 0 aliphatic heterocycles. The Kier molecular flexibility index (Phi) is 2.15. The molecule has 0 saturated heterocycles. The lowest BCUT2D eigenvalue weighted by Crippen LogP contribution is -1.89. The molecule has 0 N–H and O–H groups in total. The van der Waals surface area contributed by atoms with Crippen molar-refractivity contribution in [2.75, 3.05) is 0 Å². The number of benzene rings is 1. The Morgan fingerprint density at radius 2 is 1.93 bits per heavy atom. The first-order valence-electron chi connectivity index (χ1n) is 4.02. The van der Waals surface area contributed by atoms with Crippen molar-refractivity contribution in [3.8, 4) is 17.5 Å². The van der Waals surface area contributed by atoms with E-state index in [0.29, 0.717) is 11.4 Å². The molecule has 0 amide bonds. The molecule has 0 atom stereocenters. The van der Waals surface area contributed by atoms with Gasteiger partial charge in [-0.3, -0.25) is 0 Å². The lowest BCUT2D eigenvalue weighted by atomic mass is 10.1. The van der Waals surface area contributed by atoms with Gasteiger partial charge in [-0.05, 0) is 12.1 Å². The summed E-state index contributed by atoms with van der Waals surface area (Å²) in [5, 5.41) is 8.71. The van der Waals surface area contributed by atoms with Crippen molar-refractivity contribution in [1.29, 1.82) is 5.26 Å². The SMILES string of the molecule is N#Cc1cccc(-c2ncncn2)c1. The van der Waals surface area contributed by atoms with Crippen LogP contribution < -0.4 is 0 Å². The van der Waals surface area contributed by atoms with Crippen LogP contribution in [-0.4, -0.2) is 15.0 Å². The van der Waals surface area contributed by atoms with Crippen LogP contribution in [0.3, 0.4) is 0 Å². The molecule has 0 fully saturated rings. The monoisotopic (exact) mass is 182 g/mol. The van der Waals surface area contributed by atoms with Crippen molar-refractivity contribution in [1.82, 2.24) is 15.0 Å². The molecule has 0 spiro atoms. The molecule has 0 aliphatic carbocycles. The highest BCUT2D eigenvalue weighted by Gasteiger charge is 2.00. The van der Waals surface area contributed by atoms with Gasteiger partial charge in [0.15, 0.2) is 5.82 Å². The largest absolute Gasteiger partial charge is 0.225 e. The number of rotatable bonds is 1. The lowest BCUT2D eigenvalue weighted by molar-refractivity contribution is 1.06. The van der Waals surface area contributed by atoms with E-state index in [2.05, 4.69) is 21.0 Å². The second-order valence-corrected chi connectivity index (χ2v) is 2.65. The summed E-state index contributed by atoms with van der Waals surface area (Å²) in [4.78, 5) is 11.7. The molecule has 1 aromatic heterocycles. The lowest BCUT2D eigenvalue weighted by Gasteiger charge is -1.97. The Hall–Kier alpha value is -2.28. The fourth-order valence-electron chi connectivity index (χ4n) is 1.12. The van der Waals surface area contributed by atoms with Gasteiger partial charge in [-0.25, -0.2) is 15.0 Å². The van der Waals surface area contributed by atoms with E-state index in [9.17, 15) is 0 Å². The number of aromatic nitrogens is 3. The third-order valence-corrected chi connectivity index (χ3v) is 1.74. The molecule has 0 aliphatic rings. The maximum atomic E-state index is 8.71. The summed E-state index contributed by atoms with van der Waals surface area (Å²) in [7, 11) is 0. The molecule has 4 heteroatoms. The van der Waals surface area contributed by atoms with Crippen molar-refractivity contribution >= 4 is 0 Å². The standard InChI is InChI=1S/C10H6N4/c11-5-8-2-1-3-9(4-8)10-13-6-12-7-14-10/h1-4,6-7H. The normalized spacial score (nSPS) is 9.36. The van der Waals surface area contributed by atoms with Crippen LogP contribution in [0.4, 0.5) is 0 Å². The van der Waals surface area contributed by atoms with Crippen LogP contribution in [0.2, 0.25) is 0 Å². The number of nitrogens with zero attached hydrogens (tertiary/aromatic N) is 4. The number of nitriles is 1. The van der Waals surface area contributed by atoms with E-state index in [0.717, 1.165) is 5.56 Å². The molecular formula is C10H6N4. The Morgan fingerprint density at radius 1 is 1.14 bits per heavy atom. The van der Waals surface area contributed by atoms with Gasteiger partial charge in [0, 0.05) is 5.56 Å². The highest BCUT2D eigenvalue weighted by Crippen LogP contribution is 2.14. The maximum absolute atomic E-state index is 8.71. The summed E-state index contributed by atoms with van der Waals surface area (Å²) >= 11 is 0. The third-order valence-electron chi connectivity index (χ3n) is 1.74. The van der Waals surface area contributed by atoms with Crippen molar-refractivity contribution in [2.45, 2.75) is 0 Å². The minimum Gasteiger partial charge on any atom is -0.225 e. The zero-order valence-electron chi connectivity index (χ0n) is 7.25. The Morgan fingerprint density at radius 3 is 2.64 bits per heavy atom. The second kappa shape index (κ2) is 3.62. The van der Waals surface area contributed by atoms with E-state index in [4.69, 9.17) is 5.26 Å². The highest BCUT2D eigenvalue weighted by atomic mass is 15.0. The van der Waals surface area contributed by atoms with E-state index in [1.807, 2.05) is 6.07 Å². The first-order chi connectivity index (χ1) is 6.90. The van der Waals surface area contributed by atoms with E-state index in [1.165, 1.54) is 12.7 Å². The number of hydrogen-bond donors (Lipinski definition) is 0. The first kappa shape index (κ1) is 8.32. The smallest absolute Gasteiger partial charge is 0.162 e. The van der Waals surface area contributed by atoms with Crippen LogP contribution in [-0.2, 0) is 0 Å². The Bertz CT molecular complexity index is 473. The highest BCUT2D eigenvalue weighted by molar-refractivity contribution is 5.57. The predicted octanol–water partition coefficient (Wildman–Crippen LogP) is 1.41. The number of hydrogen-bond acceptors (Lipinski definition) is 4. The summed E-state index contributed by atoms with van der Waals surface area (Å²) < 4.78 is 0. The van der Waals surface area contributed by atoms with E-state index in [-0.39, 0.29) is 0 Å². The van der Waals surface area contributed by atoms with Crippen LogP contribution in [0.5, 0.6) is 0 Å². The average Bonchev–Trinajstić information content (AvgIpc) is 2.30. The van der Waals surface area contributed by atoms with Gasteiger partial charge >= 0.3 is 0 Å². The van der Waals surface area contributed by atoms with Crippen LogP contribution in [0, 0.1) is 11.3 Å².